The molecule has 2 bridgehead atoms. The Kier molecular flexibility index (Phi) is 8.00. The van der Waals surface area contributed by atoms with Gasteiger partial charge in [-0.05, 0) is 43.4 Å². The minimum absolute atomic E-state index is 0.0413. The first kappa shape index (κ1) is 25.6. The average Bonchev–Trinajstić information content (AvgIpc) is 3.55. The van der Waals surface area contributed by atoms with Crippen molar-refractivity contribution in [2.45, 2.75) is 70.6 Å². The molecule has 1 fully saturated rings. The summed E-state index contributed by atoms with van der Waals surface area (Å²) in [6.07, 6.45) is 8.93. The van der Waals surface area contributed by atoms with Crippen LogP contribution in [0.3, 0.4) is 0 Å². The lowest BCUT2D eigenvalue weighted by molar-refractivity contribution is -0.133. The Morgan fingerprint density at radius 3 is 2.68 bits per heavy atom. The zero-order valence-corrected chi connectivity index (χ0v) is 22.6. The van der Waals surface area contributed by atoms with E-state index in [0.717, 1.165) is 54.2 Å². The van der Waals surface area contributed by atoms with Gasteiger partial charge in [0.2, 0.25) is 11.8 Å². The fourth-order valence-electron chi connectivity index (χ4n) is 5.86. The van der Waals surface area contributed by atoms with E-state index in [2.05, 4.69) is 21.0 Å². The van der Waals surface area contributed by atoms with E-state index in [-0.39, 0.29) is 17.9 Å². The molecule has 196 valence electrons. The molecule has 2 unspecified atom stereocenters. The standard InChI is InChI=1S/C28H36N6O2S/c1-21(35)33-16-13-24-7-5-8-25(34(24)20-27-29-15-17-37-27)19-32(18-22-6-3-4-9-26(22)33)28(36)11-10-23-12-14-30-31(23)2/h3-4,6,9,12,14-15,17,24-25H,5,7-8,10-11,13,16,18-20H2,1-2H3. The van der Waals surface area contributed by atoms with Gasteiger partial charge < -0.3 is 9.80 Å². The Morgan fingerprint density at radius 2 is 1.92 bits per heavy atom. The molecule has 2 aromatic heterocycles. The number of fused-ring (bicyclic) bond motifs is 3. The van der Waals surface area contributed by atoms with Gasteiger partial charge in [0, 0.05) is 81.3 Å². The lowest BCUT2D eigenvalue weighted by Crippen LogP contribution is -2.52. The van der Waals surface area contributed by atoms with Crippen LogP contribution in [0.1, 0.15) is 55.3 Å². The number of carbonyl (C=O) groups is 2. The number of aromatic nitrogens is 3. The smallest absolute Gasteiger partial charge is 0.223 e. The van der Waals surface area contributed by atoms with Gasteiger partial charge in [0.15, 0.2) is 0 Å². The number of carbonyl (C=O) groups excluding carboxylic acids is 2. The number of piperidine rings is 1. The molecule has 2 atom stereocenters. The summed E-state index contributed by atoms with van der Waals surface area (Å²) in [6.45, 7) is 4.28. The predicted molar refractivity (Wildman–Crippen MR) is 145 cm³/mol. The van der Waals surface area contributed by atoms with Gasteiger partial charge in [-0.15, -0.1) is 11.3 Å². The summed E-state index contributed by atoms with van der Waals surface area (Å²) in [6, 6.07) is 10.6. The molecule has 9 heteroatoms. The van der Waals surface area contributed by atoms with Crippen molar-refractivity contribution in [1.82, 2.24) is 24.6 Å². The van der Waals surface area contributed by atoms with E-state index in [4.69, 9.17) is 0 Å². The number of thiazole rings is 1. The average molecular weight is 521 g/mol. The molecule has 2 amide bonds. The highest BCUT2D eigenvalue weighted by atomic mass is 32.1. The number of nitrogens with zero attached hydrogens (tertiary/aromatic N) is 6. The van der Waals surface area contributed by atoms with Crippen LogP contribution in [-0.2, 0) is 36.1 Å². The number of para-hydroxylation sites is 1. The van der Waals surface area contributed by atoms with Crippen molar-refractivity contribution in [3.63, 3.8) is 0 Å². The second kappa shape index (κ2) is 11.6. The van der Waals surface area contributed by atoms with Crippen LogP contribution in [-0.4, -0.2) is 61.6 Å². The van der Waals surface area contributed by atoms with Gasteiger partial charge in [0.05, 0.1) is 6.54 Å². The first-order valence-electron chi connectivity index (χ1n) is 13.2. The van der Waals surface area contributed by atoms with E-state index in [0.29, 0.717) is 38.5 Å². The molecular weight excluding hydrogens is 484 g/mol. The third-order valence-corrected chi connectivity index (χ3v) is 8.59. The molecule has 2 aliphatic heterocycles. The summed E-state index contributed by atoms with van der Waals surface area (Å²) in [7, 11) is 1.92. The largest absolute Gasteiger partial charge is 0.337 e. The van der Waals surface area contributed by atoms with Crippen molar-refractivity contribution < 1.29 is 9.59 Å². The van der Waals surface area contributed by atoms with Crippen LogP contribution in [0.5, 0.6) is 0 Å². The minimum atomic E-state index is 0.0413. The molecule has 1 aromatic carbocycles. The van der Waals surface area contributed by atoms with Crippen LogP contribution in [0, 0.1) is 0 Å². The van der Waals surface area contributed by atoms with Crippen molar-refractivity contribution in [2.75, 3.05) is 18.0 Å². The van der Waals surface area contributed by atoms with Crippen molar-refractivity contribution in [1.29, 1.82) is 0 Å². The van der Waals surface area contributed by atoms with Crippen LogP contribution in [0.15, 0.2) is 48.1 Å². The highest BCUT2D eigenvalue weighted by Crippen LogP contribution is 2.32. The Labute approximate surface area is 222 Å². The zero-order valence-electron chi connectivity index (χ0n) is 21.8. The summed E-state index contributed by atoms with van der Waals surface area (Å²) in [5.74, 6) is 0.181. The second-order valence-corrected chi connectivity index (χ2v) is 11.1. The molecule has 1 saturated heterocycles. The first-order chi connectivity index (χ1) is 18.0. The number of benzene rings is 1. The van der Waals surface area contributed by atoms with Crippen molar-refractivity contribution in [2.24, 2.45) is 7.05 Å². The molecule has 8 nitrogen and oxygen atoms in total. The molecular formula is C28H36N6O2S. The second-order valence-electron chi connectivity index (χ2n) is 10.1. The SMILES string of the molecule is CC(=O)N1CCC2CCCC(CN(C(=O)CCc3ccnn3C)Cc3ccccc31)N2Cc1nccs1. The van der Waals surface area contributed by atoms with Crippen molar-refractivity contribution in [3.05, 3.63) is 64.4 Å². The third kappa shape index (κ3) is 5.93. The van der Waals surface area contributed by atoms with Crippen molar-refractivity contribution >= 4 is 28.8 Å². The first-order valence-corrected chi connectivity index (χ1v) is 14.1. The fourth-order valence-corrected chi connectivity index (χ4v) is 6.48. The summed E-state index contributed by atoms with van der Waals surface area (Å²) < 4.78 is 1.83. The monoisotopic (exact) mass is 520 g/mol. The van der Waals surface area contributed by atoms with E-state index in [9.17, 15) is 9.59 Å². The van der Waals surface area contributed by atoms with Gasteiger partial charge >= 0.3 is 0 Å². The molecule has 0 aliphatic carbocycles. The predicted octanol–water partition coefficient (Wildman–Crippen LogP) is 4.02. The van der Waals surface area contributed by atoms with Gasteiger partial charge in [-0.25, -0.2) is 4.98 Å². The molecule has 3 aromatic rings. The maximum atomic E-state index is 13.8. The highest BCUT2D eigenvalue weighted by molar-refractivity contribution is 7.09. The maximum Gasteiger partial charge on any atom is 0.223 e. The zero-order chi connectivity index (χ0) is 25.8. The summed E-state index contributed by atoms with van der Waals surface area (Å²) in [4.78, 5) is 37.6. The van der Waals surface area contributed by atoms with Crippen LogP contribution < -0.4 is 4.90 Å². The van der Waals surface area contributed by atoms with E-state index in [1.165, 1.54) is 0 Å². The number of anilines is 1. The number of hydrogen-bond acceptors (Lipinski definition) is 6. The minimum Gasteiger partial charge on any atom is -0.337 e. The summed E-state index contributed by atoms with van der Waals surface area (Å²) in [5.41, 5.74) is 2.99. The Hall–Kier alpha value is -3.04. The lowest BCUT2D eigenvalue weighted by atomic mass is 9.92. The van der Waals surface area contributed by atoms with Crippen LogP contribution in [0.2, 0.25) is 0 Å². The molecule has 37 heavy (non-hydrogen) atoms. The topological polar surface area (TPSA) is 74.6 Å². The Morgan fingerprint density at radius 1 is 1.08 bits per heavy atom. The number of amides is 2. The van der Waals surface area contributed by atoms with Gasteiger partial charge in [0.1, 0.15) is 5.01 Å². The molecule has 0 saturated carbocycles. The molecule has 4 heterocycles. The number of aryl methyl sites for hydroxylation is 2. The van der Waals surface area contributed by atoms with E-state index in [1.807, 2.05) is 57.4 Å². The highest BCUT2D eigenvalue weighted by Gasteiger charge is 2.35. The summed E-state index contributed by atoms with van der Waals surface area (Å²) >= 11 is 1.68. The van der Waals surface area contributed by atoms with E-state index in [1.54, 1.807) is 24.5 Å². The third-order valence-electron chi connectivity index (χ3n) is 7.82. The maximum absolute atomic E-state index is 13.8. The van der Waals surface area contributed by atoms with Crippen LogP contribution in [0.25, 0.3) is 0 Å². The van der Waals surface area contributed by atoms with E-state index >= 15 is 0 Å². The van der Waals surface area contributed by atoms with Gasteiger partial charge in [-0.3, -0.25) is 19.2 Å². The molecule has 0 radical (unpaired) electrons. The quantitative estimate of drug-likeness (QED) is 0.508. The normalized spacial score (nSPS) is 20.8. The molecule has 0 N–H and O–H groups in total. The fraction of sp³-hybridized carbons (Fsp3) is 0.500. The van der Waals surface area contributed by atoms with Gasteiger partial charge in [-0.1, -0.05) is 24.6 Å². The lowest BCUT2D eigenvalue weighted by Gasteiger charge is -2.43. The van der Waals surface area contributed by atoms with Crippen molar-refractivity contribution in [3.8, 4) is 0 Å². The number of hydrogen-bond donors (Lipinski definition) is 0. The molecule has 2 aliphatic rings. The molecule has 0 spiro atoms. The molecule has 5 rings (SSSR count). The van der Waals surface area contributed by atoms with E-state index < -0.39 is 0 Å². The van der Waals surface area contributed by atoms with Gasteiger partial charge in [0.25, 0.3) is 0 Å². The van der Waals surface area contributed by atoms with Crippen LogP contribution >= 0.6 is 11.3 Å². The van der Waals surface area contributed by atoms with Gasteiger partial charge in [-0.2, -0.15) is 5.10 Å². The number of rotatable bonds is 5. The Balaban J connectivity index is 1.47. The van der Waals surface area contributed by atoms with Crippen LogP contribution in [0.4, 0.5) is 5.69 Å². The summed E-state index contributed by atoms with van der Waals surface area (Å²) in [5, 5.41) is 7.38. The Bertz CT molecular complexity index is 1210.